The average Bonchev–Trinajstić information content (AvgIpc) is 2.82. The molecule has 0 atom stereocenters. The second-order valence-electron chi connectivity index (χ2n) is 5.81. The summed E-state index contributed by atoms with van der Waals surface area (Å²) >= 11 is 2.17. The van der Waals surface area contributed by atoms with Gasteiger partial charge in [0.15, 0.2) is 0 Å². The quantitative estimate of drug-likeness (QED) is 0.606. The van der Waals surface area contributed by atoms with E-state index in [0.29, 0.717) is 30.2 Å². The minimum absolute atomic E-state index is 0.0497. The first kappa shape index (κ1) is 20.8. The highest BCUT2D eigenvalue weighted by Crippen LogP contribution is 2.23. The van der Waals surface area contributed by atoms with Crippen LogP contribution in [0.15, 0.2) is 29.2 Å². The molecule has 0 fully saturated rings. The number of rotatable bonds is 7. The Morgan fingerprint density at radius 3 is 2.50 bits per heavy atom. The summed E-state index contributed by atoms with van der Waals surface area (Å²) < 4.78 is 29.5. The van der Waals surface area contributed by atoms with Crippen LogP contribution in [0.3, 0.4) is 0 Å². The molecule has 7 nitrogen and oxygen atoms in total. The zero-order chi connectivity index (χ0) is 19.5. The maximum Gasteiger partial charge on any atom is 0.246 e. The number of hydrogen-bond acceptors (Lipinski definition) is 4. The van der Waals surface area contributed by atoms with Gasteiger partial charge >= 0.3 is 0 Å². The number of anilines is 1. The first-order chi connectivity index (χ1) is 12.2. The fraction of sp³-hybridized carbons (Fsp3) is 0.412. The fourth-order valence-electron chi connectivity index (χ4n) is 2.80. The monoisotopic (exact) mass is 490 g/mol. The number of nitrogens with one attached hydrogen (secondary N) is 1. The number of benzene rings is 1. The summed E-state index contributed by atoms with van der Waals surface area (Å²) in [7, 11) is -3.62. The summed E-state index contributed by atoms with van der Waals surface area (Å²) in [5.74, 6) is -0.260. The second-order valence-corrected chi connectivity index (χ2v) is 8.93. The van der Waals surface area contributed by atoms with Crippen molar-refractivity contribution in [2.24, 2.45) is 0 Å². The van der Waals surface area contributed by atoms with Crippen molar-refractivity contribution in [3.05, 3.63) is 39.2 Å². The molecule has 142 valence electrons. The van der Waals surface area contributed by atoms with Crippen LogP contribution in [-0.4, -0.2) is 41.5 Å². The van der Waals surface area contributed by atoms with E-state index >= 15 is 0 Å². The lowest BCUT2D eigenvalue weighted by molar-refractivity contribution is -0.116. The molecule has 2 aromatic rings. The molecule has 1 amide bonds. The van der Waals surface area contributed by atoms with E-state index in [4.69, 9.17) is 0 Å². The normalized spacial score (nSPS) is 11.8. The lowest BCUT2D eigenvalue weighted by Gasteiger charge is -2.18. The maximum absolute atomic E-state index is 12.8. The van der Waals surface area contributed by atoms with Gasteiger partial charge in [0, 0.05) is 22.3 Å². The molecule has 2 rings (SSSR count). The van der Waals surface area contributed by atoms with Crippen LogP contribution in [0.4, 0.5) is 5.69 Å². The lowest BCUT2D eigenvalue weighted by Crippen LogP contribution is -2.31. The molecule has 0 radical (unpaired) electrons. The van der Waals surface area contributed by atoms with Crippen LogP contribution in [-0.2, 0) is 21.4 Å². The summed E-state index contributed by atoms with van der Waals surface area (Å²) in [5, 5.41) is 7.08. The summed E-state index contributed by atoms with van der Waals surface area (Å²) in [4.78, 5) is 12.5. The zero-order valence-corrected chi connectivity index (χ0v) is 18.3. The molecule has 1 N–H and O–H groups in total. The molecule has 26 heavy (non-hydrogen) atoms. The van der Waals surface area contributed by atoms with E-state index in [1.54, 1.807) is 33.8 Å². The Balaban J connectivity index is 2.26. The molecule has 9 heteroatoms. The van der Waals surface area contributed by atoms with Crippen LogP contribution in [0.5, 0.6) is 0 Å². The molecule has 0 saturated heterocycles. The molecule has 0 aliphatic carbocycles. The smallest absolute Gasteiger partial charge is 0.246 e. The standard InChI is InChI=1S/C17H23IN4O3S/c1-5-21(6-2)26(24,25)17-12(3)20-22(13(17)4)11-16(23)19-15-9-7-8-14(18)10-15/h7-10H,5-6,11H2,1-4H3,(H,19,23). The van der Waals surface area contributed by atoms with Crippen molar-refractivity contribution in [2.45, 2.75) is 39.1 Å². The Labute approximate surface area is 168 Å². The SMILES string of the molecule is CCN(CC)S(=O)(=O)c1c(C)nn(CC(=O)Nc2cccc(I)c2)c1C. The number of carbonyl (C=O) groups is 1. The molecule has 0 aliphatic heterocycles. The van der Waals surface area contributed by atoms with E-state index in [9.17, 15) is 13.2 Å². The van der Waals surface area contributed by atoms with Gasteiger partial charge in [-0.3, -0.25) is 9.48 Å². The van der Waals surface area contributed by atoms with E-state index in [0.717, 1.165) is 3.57 Å². The van der Waals surface area contributed by atoms with Crippen molar-refractivity contribution in [3.63, 3.8) is 0 Å². The number of sulfonamides is 1. The van der Waals surface area contributed by atoms with Gasteiger partial charge < -0.3 is 5.32 Å². The van der Waals surface area contributed by atoms with Crippen LogP contribution < -0.4 is 5.32 Å². The van der Waals surface area contributed by atoms with E-state index < -0.39 is 10.0 Å². The van der Waals surface area contributed by atoms with Gasteiger partial charge in [0.1, 0.15) is 11.4 Å². The number of carbonyl (C=O) groups excluding carboxylic acids is 1. The second kappa shape index (κ2) is 8.49. The van der Waals surface area contributed by atoms with Crippen LogP contribution in [0.25, 0.3) is 0 Å². The molecule has 0 unspecified atom stereocenters. The number of hydrogen-bond donors (Lipinski definition) is 1. The van der Waals surface area contributed by atoms with Crippen LogP contribution in [0.1, 0.15) is 25.2 Å². The predicted molar refractivity (Wildman–Crippen MR) is 110 cm³/mol. The molecule has 0 aliphatic rings. The molecule has 0 spiro atoms. The van der Waals surface area contributed by atoms with Gasteiger partial charge in [-0.15, -0.1) is 0 Å². The minimum Gasteiger partial charge on any atom is -0.324 e. The van der Waals surface area contributed by atoms with Gasteiger partial charge in [-0.05, 0) is 54.6 Å². The third-order valence-corrected chi connectivity index (χ3v) is 6.99. The first-order valence-corrected chi connectivity index (χ1v) is 10.8. The molecular weight excluding hydrogens is 467 g/mol. The Hall–Kier alpha value is -1.46. The minimum atomic E-state index is -3.62. The summed E-state index contributed by atoms with van der Waals surface area (Å²) in [5.41, 5.74) is 1.56. The maximum atomic E-state index is 12.8. The highest BCUT2D eigenvalue weighted by Gasteiger charge is 2.29. The first-order valence-electron chi connectivity index (χ1n) is 8.30. The average molecular weight is 490 g/mol. The van der Waals surface area contributed by atoms with Crippen LogP contribution >= 0.6 is 22.6 Å². The molecule has 1 aromatic heterocycles. The van der Waals surface area contributed by atoms with E-state index in [1.165, 1.54) is 8.99 Å². The molecule has 1 heterocycles. The Morgan fingerprint density at radius 2 is 1.92 bits per heavy atom. The van der Waals surface area contributed by atoms with Crippen molar-refractivity contribution < 1.29 is 13.2 Å². The van der Waals surface area contributed by atoms with Gasteiger partial charge in [0.25, 0.3) is 0 Å². The number of halogens is 1. The topological polar surface area (TPSA) is 84.3 Å². The Bertz CT molecular complexity index is 905. The van der Waals surface area contributed by atoms with Gasteiger partial charge in [-0.2, -0.15) is 9.40 Å². The van der Waals surface area contributed by atoms with Crippen molar-refractivity contribution in [3.8, 4) is 0 Å². The van der Waals surface area contributed by atoms with Gasteiger partial charge in [-0.1, -0.05) is 19.9 Å². The summed E-state index contributed by atoms with van der Waals surface area (Å²) in [6, 6.07) is 7.45. The van der Waals surface area contributed by atoms with E-state index in [-0.39, 0.29) is 17.3 Å². The third kappa shape index (κ3) is 4.44. The molecule has 0 bridgehead atoms. The van der Waals surface area contributed by atoms with Crippen molar-refractivity contribution in [1.82, 2.24) is 14.1 Å². The van der Waals surface area contributed by atoms with Crippen molar-refractivity contribution >= 4 is 44.2 Å². The number of aryl methyl sites for hydroxylation is 1. The van der Waals surface area contributed by atoms with Gasteiger partial charge in [0.05, 0.1) is 11.4 Å². The molecule has 1 aromatic carbocycles. The summed E-state index contributed by atoms with van der Waals surface area (Å²) in [6.07, 6.45) is 0. The largest absolute Gasteiger partial charge is 0.324 e. The number of aromatic nitrogens is 2. The number of amides is 1. The van der Waals surface area contributed by atoms with Crippen molar-refractivity contribution in [1.29, 1.82) is 0 Å². The van der Waals surface area contributed by atoms with E-state index in [1.807, 2.05) is 18.2 Å². The molecule has 0 saturated carbocycles. The van der Waals surface area contributed by atoms with Crippen molar-refractivity contribution in [2.75, 3.05) is 18.4 Å². The van der Waals surface area contributed by atoms with Gasteiger partial charge in [0.2, 0.25) is 15.9 Å². The van der Waals surface area contributed by atoms with Gasteiger partial charge in [-0.25, -0.2) is 8.42 Å². The summed E-state index contributed by atoms with van der Waals surface area (Å²) in [6.45, 7) is 7.64. The zero-order valence-electron chi connectivity index (χ0n) is 15.3. The fourth-order valence-corrected chi connectivity index (χ4v) is 5.18. The molecular formula is C17H23IN4O3S. The van der Waals surface area contributed by atoms with Crippen LogP contribution in [0, 0.1) is 17.4 Å². The third-order valence-electron chi connectivity index (χ3n) is 4.02. The Kier molecular flexibility index (Phi) is 6.80. The number of nitrogens with zero attached hydrogens (tertiary/aromatic N) is 3. The predicted octanol–water partition coefficient (Wildman–Crippen LogP) is 2.77. The highest BCUT2D eigenvalue weighted by atomic mass is 127. The van der Waals surface area contributed by atoms with Crippen LogP contribution in [0.2, 0.25) is 0 Å². The lowest BCUT2D eigenvalue weighted by atomic mass is 10.3. The Morgan fingerprint density at radius 1 is 1.27 bits per heavy atom. The van der Waals surface area contributed by atoms with E-state index in [2.05, 4.69) is 33.0 Å². The highest BCUT2D eigenvalue weighted by molar-refractivity contribution is 14.1.